The minimum Gasteiger partial charge on any atom is -0.509 e. The van der Waals surface area contributed by atoms with Crippen molar-refractivity contribution in [1.29, 1.82) is 0 Å². The van der Waals surface area contributed by atoms with Crippen LogP contribution < -0.4 is 19.3 Å². The normalized spacial score (nSPS) is 14.3. The third-order valence-electron chi connectivity index (χ3n) is 19.0. The number of hydrogen-bond acceptors (Lipinski definition) is 5. The van der Waals surface area contributed by atoms with E-state index in [2.05, 4.69) is 267 Å². The number of para-hydroxylation sites is 6. The Balaban J connectivity index is 0.00000756. The van der Waals surface area contributed by atoms with Gasteiger partial charge in [0.25, 0.3) is 0 Å². The largest absolute Gasteiger partial charge is 0.509 e. The van der Waals surface area contributed by atoms with Gasteiger partial charge in [-0.1, -0.05) is 232 Å². The molecule has 93 heavy (non-hydrogen) atoms. The van der Waals surface area contributed by atoms with E-state index in [0.29, 0.717) is 28.4 Å². The van der Waals surface area contributed by atoms with Crippen LogP contribution in [-0.2, 0) is 42.7 Å². The third-order valence-corrected chi connectivity index (χ3v) is 19.0. The molecule has 0 fully saturated rings. The van der Waals surface area contributed by atoms with E-state index in [1.165, 1.54) is 33.4 Å². The molecule has 11 aromatic carbocycles. The SMILES string of the molecule is [2H]C([2H])([2H])c1cc(-n2c3[c-]c(Oc4[c-]c(N5[CH-]N(c6c(-c7cc(C(C)(C)C)cc(C(C)(C)C)c7)cccc6-c6ccc7c(c6)C6(c8ccccc8Oc8ccccc86)c6ccccc6-7)c6ccccc65)ccc4)ccc3c3ccccc32)ncc1-c1ccc(C(C)(C)C)cc1.[Pt]. The van der Waals surface area contributed by atoms with Crippen molar-refractivity contribution in [2.75, 3.05) is 9.80 Å². The average molecular weight is 1390 g/mol. The first-order chi connectivity index (χ1) is 45.6. The van der Waals surface area contributed by atoms with Crippen molar-refractivity contribution < 1.29 is 34.7 Å². The van der Waals surface area contributed by atoms with Gasteiger partial charge in [0.05, 0.1) is 5.41 Å². The Morgan fingerprint density at radius 1 is 0.462 bits per heavy atom. The number of aryl methyl sites for hydroxylation is 1. The quantitative estimate of drug-likeness (QED) is 0.142. The van der Waals surface area contributed by atoms with Crippen LogP contribution in [0.2, 0.25) is 0 Å². The van der Waals surface area contributed by atoms with Crippen molar-refractivity contribution in [1.82, 2.24) is 9.55 Å². The molecule has 0 bridgehead atoms. The van der Waals surface area contributed by atoms with Gasteiger partial charge in [0.2, 0.25) is 0 Å². The van der Waals surface area contributed by atoms with Gasteiger partial charge < -0.3 is 23.8 Å². The van der Waals surface area contributed by atoms with Gasteiger partial charge in [-0.3, -0.25) is 0 Å². The number of benzene rings is 11. The number of anilines is 4. The molecule has 13 aromatic rings. The maximum absolute atomic E-state index is 8.79. The molecule has 0 atom stereocenters. The number of ether oxygens (including phenoxy) is 2. The molecule has 1 aliphatic carbocycles. The second-order valence-corrected chi connectivity index (χ2v) is 27.9. The molecule has 6 nitrogen and oxygen atoms in total. The van der Waals surface area contributed by atoms with Gasteiger partial charge >= 0.3 is 0 Å². The molecule has 0 saturated heterocycles. The van der Waals surface area contributed by atoms with Crippen molar-refractivity contribution >= 4 is 44.6 Å². The van der Waals surface area contributed by atoms with E-state index in [1.807, 2.05) is 59.2 Å². The first-order valence-corrected chi connectivity index (χ1v) is 31.8. The minimum atomic E-state index is -2.43. The number of fused-ring (bicyclic) bond motifs is 13. The van der Waals surface area contributed by atoms with Crippen LogP contribution in [0.1, 0.15) is 111 Å². The Labute approximate surface area is 565 Å². The predicted octanol–water partition coefficient (Wildman–Crippen LogP) is 22.6. The fourth-order valence-corrected chi connectivity index (χ4v) is 14.3. The Morgan fingerprint density at radius 2 is 1.04 bits per heavy atom. The molecule has 1 spiro atoms. The molecule has 0 saturated carbocycles. The van der Waals surface area contributed by atoms with Gasteiger partial charge in [0.1, 0.15) is 17.3 Å². The fraction of sp³-hybridized carbons (Fsp3) is 0.163. The van der Waals surface area contributed by atoms with Crippen LogP contribution >= 0.6 is 0 Å². The maximum atomic E-state index is 8.79. The van der Waals surface area contributed by atoms with E-state index in [0.717, 1.165) is 95.0 Å². The summed E-state index contributed by atoms with van der Waals surface area (Å²) in [5, 5.41) is 1.91. The molecule has 2 aromatic heterocycles. The first kappa shape index (κ1) is 56.0. The summed E-state index contributed by atoms with van der Waals surface area (Å²) in [5.41, 5.74) is 21.2. The molecule has 0 amide bonds. The topological polar surface area (TPSA) is 42.8 Å². The van der Waals surface area contributed by atoms with Crippen LogP contribution in [-0.4, -0.2) is 9.55 Å². The van der Waals surface area contributed by atoms with Crippen molar-refractivity contribution in [2.24, 2.45) is 0 Å². The van der Waals surface area contributed by atoms with Crippen LogP contribution in [0.4, 0.5) is 22.7 Å². The van der Waals surface area contributed by atoms with Gasteiger partial charge in [-0.05, 0) is 132 Å². The molecule has 3 aliphatic rings. The van der Waals surface area contributed by atoms with E-state index < -0.39 is 12.3 Å². The van der Waals surface area contributed by atoms with Gasteiger partial charge in [-0.2, -0.15) is 12.1 Å². The maximum Gasteiger partial charge on any atom is 0.135 e. The van der Waals surface area contributed by atoms with Crippen LogP contribution in [0.3, 0.4) is 0 Å². The minimum absolute atomic E-state index is 0. The van der Waals surface area contributed by atoms with Crippen molar-refractivity contribution in [3.05, 3.63) is 306 Å². The van der Waals surface area contributed by atoms with Crippen molar-refractivity contribution in [3.63, 3.8) is 0 Å². The van der Waals surface area contributed by atoms with Crippen LogP contribution in [0, 0.1) is 25.7 Å². The summed E-state index contributed by atoms with van der Waals surface area (Å²) in [4.78, 5) is 9.60. The second kappa shape index (κ2) is 22.2. The van der Waals surface area contributed by atoms with E-state index in [-0.39, 0.29) is 42.9 Å². The van der Waals surface area contributed by atoms with Gasteiger partial charge in [-0.15, -0.1) is 48.1 Å². The zero-order valence-corrected chi connectivity index (χ0v) is 55.9. The summed E-state index contributed by atoms with van der Waals surface area (Å²) < 4.78 is 42.0. The zero-order valence-electron chi connectivity index (χ0n) is 56.6. The predicted molar refractivity (Wildman–Crippen MR) is 379 cm³/mol. The summed E-state index contributed by atoms with van der Waals surface area (Å²) in [6.45, 7) is 20.1. The zero-order chi connectivity index (χ0) is 65.5. The van der Waals surface area contributed by atoms with Crippen LogP contribution in [0.25, 0.3) is 72.1 Å². The van der Waals surface area contributed by atoms with Gasteiger partial charge in [-0.25, -0.2) is 4.98 Å². The summed E-state index contributed by atoms with van der Waals surface area (Å²) >= 11 is 0. The first-order valence-electron chi connectivity index (χ1n) is 33.3. The Morgan fingerprint density at radius 3 is 1.74 bits per heavy atom. The van der Waals surface area contributed by atoms with E-state index >= 15 is 0 Å². The standard InChI is InChI=1S/C86H71N4O2.Pt/c1-54-45-81(87-52-70(54)55-37-40-58(41-38-55)83(2,3)4)90-75-32-16-12-26-68(75)69-44-42-63(51-78(69)90)91-62-24-21-23-61(50-62)88-53-89(77-34-18-17-33-76(77)88)82-64(27-22-28-65(82)57-46-59(84(5,6)7)49-60(47-57)85(8,9)10)56-39-43-67-66-25-11-13-29-71(66)86(74(67)48-56)72-30-14-19-35-79(72)92-80-36-20-15-31-73(80)86;/h11-49,52-53H,1-10H3;/q-3;/i1D3;. The van der Waals surface area contributed by atoms with Gasteiger partial charge in [0.15, 0.2) is 0 Å². The number of rotatable bonds is 8. The summed E-state index contributed by atoms with van der Waals surface area (Å²) in [6.07, 6.45) is 1.69. The van der Waals surface area contributed by atoms with Crippen molar-refractivity contribution in [2.45, 2.75) is 90.8 Å². The molecule has 0 unspecified atom stereocenters. The fourth-order valence-electron chi connectivity index (χ4n) is 14.3. The summed E-state index contributed by atoms with van der Waals surface area (Å²) in [5.74, 6) is 3.14. The van der Waals surface area contributed by atoms with Crippen LogP contribution in [0.5, 0.6) is 23.0 Å². The van der Waals surface area contributed by atoms with E-state index in [4.69, 9.17) is 18.6 Å². The molecule has 460 valence electrons. The molecular weight excluding hydrogens is 1320 g/mol. The second-order valence-electron chi connectivity index (χ2n) is 27.9. The summed E-state index contributed by atoms with van der Waals surface area (Å²) in [7, 11) is 0. The smallest absolute Gasteiger partial charge is 0.135 e. The molecule has 4 heterocycles. The number of pyridine rings is 1. The number of nitrogens with zero attached hydrogens (tertiary/aromatic N) is 4. The Hall–Kier alpha value is -9.74. The average Bonchev–Trinajstić information content (AvgIpc) is 1.49. The van der Waals surface area contributed by atoms with E-state index in [1.54, 1.807) is 12.3 Å². The van der Waals surface area contributed by atoms with E-state index in [9.17, 15) is 0 Å². The van der Waals surface area contributed by atoms with Crippen LogP contribution in [0.15, 0.2) is 243 Å². The number of aromatic nitrogens is 2. The molecular formula is C86H71N4O2Pt-3. The molecule has 16 rings (SSSR count). The molecule has 0 N–H and O–H groups in total. The molecule has 2 aliphatic heterocycles. The third kappa shape index (κ3) is 9.82. The van der Waals surface area contributed by atoms with Crippen molar-refractivity contribution in [3.8, 4) is 73.3 Å². The molecule has 7 heteroatoms. The Kier molecular flexibility index (Phi) is 13.4. The number of hydrogen-bond donors (Lipinski definition) is 0. The monoisotopic (exact) mass is 1390 g/mol. The Bertz CT molecular complexity index is 5180. The summed E-state index contributed by atoms with van der Waals surface area (Å²) in [6, 6.07) is 90.9. The van der Waals surface area contributed by atoms with Gasteiger partial charge in [0, 0.05) is 93.3 Å². The molecule has 0 radical (unpaired) electrons.